The molecule has 1 aromatic heterocycles. The molecular weight excluding hydrogens is 298 g/mol. The molecule has 20 heavy (non-hydrogen) atoms. The Labute approximate surface area is 122 Å². The second kappa shape index (κ2) is 5.01. The van der Waals surface area contributed by atoms with Crippen LogP contribution >= 0.6 is 11.3 Å². The fourth-order valence-electron chi connectivity index (χ4n) is 2.40. The number of anilines is 1. The zero-order chi connectivity index (χ0) is 14.3. The molecule has 1 atom stereocenters. The third-order valence-electron chi connectivity index (χ3n) is 3.59. The van der Waals surface area contributed by atoms with E-state index >= 15 is 0 Å². The molecule has 1 amide bonds. The molecule has 8 heteroatoms. The van der Waals surface area contributed by atoms with Crippen molar-refractivity contribution in [1.29, 1.82) is 0 Å². The summed E-state index contributed by atoms with van der Waals surface area (Å²) in [6, 6.07) is 1.11. The molecule has 3 N–H and O–H groups in total. The van der Waals surface area contributed by atoms with Crippen LogP contribution in [0.25, 0.3) is 0 Å². The Hall–Kier alpha value is -1.12. The summed E-state index contributed by atoms with van der Waals surface area (Å²) in [5, 5.41) is 4.49. The van der Waals surface area contributed by atoms with Gasteiger partial charge in [-0.3, -0.25) is 4.79 Å². The molecule has 6 nitrogen and oxygen atoms in total. The maximum atomic E-state index is 12.6. The number of sulfonamides is 1. The van der Waals surface area contributed by atoms with Crippen LogP contribution in [0.4, 0.5) is 5.69 Å². The number of nitrogens with zero attached hydrogens (tertiary/aromatic N) is 1. The number of amides is 1. The first kappa shape index (κ1) is 13.8. The lowest BCUT2D eigenvalue weighted by Crippen LogP contribution is -2.46. The molecule has 1 aliphatic heterocycles. The van der Waals surface area contributed by atoms with Crippen molar-refractivity contribution in [3.05, 3.63) is 11.4 Å². The van der Waals surface area contributed by atoms with Crippen molar-refractivity contribution in [3.8, 4) is 0 Å². The summed E-state index contributed by atoms with van der Waals surface area (Å²) in [4.78, 5) is 12.2. The smallest absolute Gasteiger partial charge is 0.253 e. The minimum Gasteiger partial charge on any atom is -0.398 e. The summed E-state index contributed by atoms with van der Waals surface area (Å²) >= 11 is 1.10. The van der Waals surface area contributed by atoms with E-state index in [1.54, 1.807) is 5.38 Å². The van der Waals surface area contributed by atoms with E-state index in [0.29, 0.717) is 25.1 Å². The maximum absolute atomic E-state index is 12.6. The van der Waals surface area contributed by atoms with Gasteiger partial charge >= 0.3 is 0 Å². The van der Waals surface area contributed by atoms with Gasteiger partial charge in [0.15, 0.2) is 0 Å². The summed E-state index contributed by atoms with van der Waals surface area (Å²) in [5.74, 6) is -0.168. The summed E-state index contributed by atoms with van der Waals surface area (Å²) < 4.78 is 26.7. The van der Waals surface area contributed by atoms with E-state index in [-0.39, 0.29) is 16.2 Å². The Morgan fingerprint density at radius 1 is 1.40 bits per heavy atom. The number of hydrogen-bond acceptors (Lipinski definition) is 5. The highest BCUT2D eigenvalue weighted by Crippen LogP contribution is 2.31. The number of carbonyl (C=O) groups excluding carboxylic acids is 1. The van der Waals surface area contributed by atoms with Crippen LogP contribution < -0.4 is 11.1 Å². The average molecular weight is 315 g/mol. The lowest BCUT2D eigenvalue weighted by Gasteiger charge is -2.22. The molecule has 0 bridgehead atoms. The van der Waals surface area contributed by atoms with Gasteiger partial charge in [-0.05, 0) is 31.7 Å². The van der Waals surface area contributed by atoms with Gasteiger partial charge in [-0.25, -0.2) is 8.42 Å². The summed E-state index contributed by atoms with van der Waals surface area (Å²) in [7, 11) is -3.62. The number of nitrogens with two attached hydrogens (primary N) is 1. The predicted molar refractivity (Wildman–Crippen MR) is 76.8 cm³/mol. The molecule has 2 fully saturated rings. The molecule has 0 radical (unpaired) electrons. The number of carbonyl (C=O) groups is 1. The van der Waals surface area contributed by atoms with Crippen molar-refractivity contribution < 1.29 is 13.2 Å². The van der Waals surface area contributed by atoms with Gasteiger partial charge in [0.1, 0.15) is 10.3 Å². The first-order valence-electron chi connectivity index (χ1n) is 6.65. The van der Waals surface area contributed by atoms with Crippen LogP contribution in [0.1, 0.15) is 25.7 Å². The molecule has 2 aliphatic rings. The van der Waals surface area contributed by atoms with Crippen molar-refractivity contribution >= 4 is 33.0 Å². The van der Waals surface area contributed by atoms with Crippen molar-refractivity contribution in [2.45, 2.75) is 42.0 Å². The Morgan fingerprint density at radius 3 is 2.75 bits per heavy atom. The first-order valence-corrected chi connectivity index (χ1v) is 8.96. The lowest BCUT2D eigenvalue weighted by atomic mass is 10.2. The highest BCUT2D eigenvalue weighted by molar-refractivity contribution is 7.91. The average Bonchev–Trinajstić information content (AvgIpc) is 2.92. The zero-order valence-electron chi connectivity index (χ0n) is 10.9. The Bertz CT molecular complexity index is 622. The van der Waals surface area contributed by atoms with E-state index in [0.717, 1.165) is 24.2 Å². The summed E-state index contributed by atoms with van der Waals surface area (Å²) in [5.41, 5.74) is 6.03. The number of hydrogen-bond donors (Lipinski definition) is 2. The monoisotopic (exact) mass is 315 g/mol. The molecule has 0 spiro atoms. The van der Waals surface area contributed by atoms with Gasteiger partial charge < -0.3 is 11.1 Å². The molecule has 1 aromatic rings. The molecule has 2 heterocycles. The van der Waals surface area contributed by atoms with Gasteiger partial charge in [0.05, 0.1) is 0 Å². The van der Waals surface area contributed by atoms with Gasteiger partial charge in [0.2, 0.25) is 5.91 Å². The molecule has 1 saturated heterocycles. The second-order valence-electron chi connectivity index (χ2n) is 5.26. The van der Waals surface area contributed by atoms with Gasteiger partial charge in [0, 0.05) is 23.7 Å². The van der Waals surface area contributed by atoms with Crippen LogP contribution in [0.2, 0.25) is 0 Å². The molecule has 1 saturated carbocycles. The van der Waals surface area contributed by atoms with Crippen LogP contribution in [0.15, 0.2) is 15.7 Å². The van der Waals surface area contributed by atoms with Crippen LogP contribution in [0.5, 0.6) is 0 Å². The fraction of sp³-hybridized carbons (Fsp3) is 0.583. The number of rotatable bonds is 4. The zero-order valence-corrected chi connectivity index (χ0v) is 12.5. The van der Waals surface area contributed by atoms with E-state index in [1.807, 2.05) is 0 Å². The van der Waals surface area contributed by atoms with E-state index in [1.165, 1.54) is 10.4 Å². The molecule has 1 unspecified atom stereocenters. The SMILES string of the molecule is Nc1csc(S(=O)(=O)N2CCCC2C(=O)NC2CC2)c1. The van der Waals surface area contributed by atoms with Gasteiger partial charge in [-0.1, -0.05) is 0 Å². The number of thiophene rings is 1. The van der Waals surface area contributed by atoms with Gasteiger partial charge in [0.25, 0.3) is 10.0 Å². The Kier molecular flexibility index (Phi) is 3.47. The summed E-state index contributed by atoms with van der Waals surface area (Å²) in [6.07, 6.45) is 3.28. The topological polar surface area (TPSA) is 92.5 Å². The second-order valence-corrected chi connectivity index (χ2v) is 8.28. The van der Waals surface area contributed by atoms with Gasteiger partial charge in [-0.15, -0.1) is 11.3 Å². The van der Waals surface area contributed by atoms with Crippen molar-refractivity contribution in [2.24, 2.45) is 0 Å². The highest BCUT2D eigenvalue weighted by Gasteiger charge is 2.41. The number of nitrogens with one attached hydrogen (secondary N) is 1. The Balaban J connectivity index is 1.82. The van der Waals surface area contributed by atoms with Crippen LogP contribution in [0, 0.1) is 0 Å². The lowest BCUT2D eigenvalue weighted by molar-refractivity contribution is -0.124. The number of nitrogen functional groups attached to an aromatic ring is 1. The quantitative estimate of drug-likeness (QED) is 0.858. The van der Waals surface area contributed by atoms with Crippen molar-refractivity contribution in [2.75, 3.05) is 12.3 Å². The largest absolute Gasteiger partial charge is 0.398 e. The molecule has 3 rings (SSSR count). The predicted octanol–water partition coefficient (Wildman–Crippen LogP) is 0.762. The minimum absolute atomic E-state index is 0.168. The normalized spacial score (nSPS) is 23.9. The van der Waals surface area contributed by atoms with Crippen LogP contribution in [0.3, 0.4) is 0 Å². The molecule has 1 aliphatic carbocycles. The third kappa shape index (κ3) is 2.55. The minimum atomic E-state index is -3.62. The van der Waals surface area contributed by atoms with E-state index < -0.39 is 16.1 Å². The Morgan fingerprint density at radius 2 is 2.15 bits per heavy atom. The standard InChI is InChI=1S/C12H17N3O3S2/c13-8-6-11(19-7-8)20(17,18)15-5-1-2-10(15)12(16)14-9-3-4-9/h6-7,9-10H,1-5,13H2,(H,14,16). The van der Waals surface area contributed by atoms with Crippen molar-refractivity contribution in [3.63, 3.8) is 0 Å². The van der Waals surface area contributed by atoms with Crippen molar-refractivity contribution in [1.82, 2.24) is 9.62 Å². The summed E-state index contributed by atoms with van der Waals surface area (Å²) in [6.45, 7) is 0.392. The van der Waals surface area contributed by atoms with E-state index in [4.69, 9.17) is 5.73 Å². The van der Waals surface area contributed by atoms with Crippen LogP contribution in [-0.4, -0.2) is 37.3 Å². The maximum Gasteiger partial charge on any atom is 0.253 e. The van der Waals surface area contributed by atoms with E-state index in [9.17, 15) is 13.2 Å². The molecule has 110 valence electrons. The van der Waals surface area contributed by atoms with Gasteiger partial charge in [-0.2, -0.15) is 4.31 Å². The first-order chi connectivity index (χ1) is 9.48. The van der Waals surface area contributed by atoms with Crippen LogP contribution in [-0.2, 0) is 14.8 Å². The molecule has 0 aromatic carbocycles. The highest BCUT2D eigenvalue weighted by atomic mass is 32.2. The third-order valence-corrected chi connectivity index (χ3v) is 6.93. The van der Waals surface area contributed by atoms with E-state index in [2.05, 4.69) is 5.32 Å². The fourth-order valence-corrected chi connectivity index (χ4v) is 5.26. The molecular formula is C12H17N3O3S2.